The first-order valence-electron chi connectivity index (χ1n) is 4.90. The molecule has 1 heterocycles. The maximum Gasteiger partial charge on any atom is 0.573 e. The Bertz CT molecular complexity index is 592. The van der Waals surface area contributed by atoms with Crippen LogP contribution in [-0.2, 0) is 0 Å². The lowest BCUT2D eigenvalue weighted by Crippen LogP contribution is -2.16. The van der Waals surface area contributed by atoms with Crippen LogP contribution in [0.3, 0.4) is 0 Å². The zero-order valence-corrected chi connectivity index (χ0v) is 9.96. The van der Waals surface area contributed by atoms with Gasteiger partial charge in [-0.2, -0.15) is 0 Å². The number of thiazole rings is 1. The van der Waals surface area contributed by atoms with Crippen molar-refractivity contribution in [2.45, 2.75) is 6.36 Å². The highest BCUT2D eigenvalue weighted by Crippen LogP contribution is 2.28. The molecule has 0 aliphatic heterocycles. The van der Waals surface area contributed by atoms with E-state index < -0.39 is 12.3 Å². The van der Waals surface area contributed by atoms with E-state index >= 15 is 0 Å². The highest BCUT2D eigenvalue weighted by Gasteiger charge is 2.30. The predicted molar refractivity (Wildman–Crippen MR) is 61.2 cm³/mol. The Labute approximate surface area is 109 Å². The zero-order valence-electron chi connectivity index (χ0n) is 9.14. The lowest BCUT2D eigenvalue weighted by Gasteiger charge is -2.08. The highest BCUT2D eigenvalue weighted by atomic mass is 32.1. The van der Waals surface area contributed by atoms with Crippen LogP contribution >= 0.6 is 11.3 Å². The SMILES string of the molecule is O=C(O)c1csc(-c2ccc(OC(F)(F)F)cc2)n1. The second-order valence-corrected chi connectivity index (χ2v) is 4.27. The zero-order chi connectivity index (χ0) is 14.0. The summed E-state index contributed by atoms with van der Waals surface area (Å²) in [7, 11) is 0. The van der Waals surface area contributed by atoms with Gasteiger partial charge in [-0.15, -0.1) is 24.5 Å². The first-order chi connectivity index (χ1) is 8.85. The van der Waals surface area contributed by atoms with E-state index in [1.54, 1.807) is 0 Å². The molecule has 0 radical (unpaired) electrons. The molecule has 0 saturated carbocycles. The van der Waals surface area contributed by atoms with Crippen molar-refractivity contribution in [1.82, 2.24) is 4.98 Å². The van der Waals surface area contributed by atoms with E-state index in [0.717, 1.165) is 23.5 Å². The molecule has 1 N–H and O–H groups in total. The van der Waals surface area contributed by atoms with Gasteiger partial charge in [0, 0.05) is 10.9 Å². The summed E-state index contributed by atoms with van der Waals surface area (Å²) in [5.41, 5.74) is 0.419. The third kappa shape index (κ3) is 3.44. The Kier molecular flexibility index (Phi) is 3.43. The lowest BCUT2D eigenvalue weighted by atomic mass is 10.2. The average Bonchev–Trinajstić information content (AvgIpc) is 2.77. The van der Waals surface area contributed by atoms with E-state index in [1.807, 2.05) is 0 Å². The number of benzene rings is 1. The molecule has 1 aromatic heterocycles. The fourth-order valence-electron chi connectivity index (χ4n) is 1.30. The summed E-state index contributed by atoms with van der Waals surface area (Å²) in [6.07, 6.45) is -4.74. The van der Waals surface area contributed by atoms with Crippen molar-refractivity contribution in [1.29, 1.82) is 0 Å². The smallest absolute Gasteiger partial charge is 0.476 e. The van der Waals surface area contributed by atoms with Gasteiger partial charge in [0.05, 0.1) is 0 Å². The fraction of sp³-hybridized carbons (Fsp3) is 0.0909. The monoisotopic (exact) mass is 289 g/mol. The van der Waals surface area contributed by atoms with Gasteiger partial charge in [0.1, 0.15) is 10.8 Å². The Morgan fingerprint density at radius 1 is 1.26 bits per heavy atom. The molecule has 2 rings (SSSR count). The van der Waals surface area contributed by atoms with E-state index in [1.165, 1.54) is 17.5 Å². The van der Waals surface area contributed by atoms with E-state index in [9.17, 15) is 18.0 Å². The third-order valence-corrected chi connectivity index (χ3v) is 2.95. The molecule has 0 amide bonds. The Morgan fingerprint density at radius 2 is 1.89 bits per heavy atom. The van der Waals surface area contributed by atoms with Crippen LogP contribution in [0.4, 0.5) is 13.2 Å². The molecule has 4 nitrogen and oxygen atoms in total. The maximum atomic E-state index is 12.0. The van der Waals surface area contributed by atoms with Crippen molar-refractivity contribution in [3.05, 3.63) is 35.3 Å². The van der Waals surface area contributed by atoms with Gasteiger partial charge in [0.2, 0.25) is 0 Å². The van der Waals surface area contributed by atoms with Gasteiger partial charge in [0.15, 0.2) is 5.69 Å². The molecule has 0 bridgehead atoms. The minimum absolute atomic E-state index is 0.101. The number of hydrogen-bond acceptors (Lipinski definition) is 4. The number of hydrogen-bond donors (Lipinski definition) is 1. The van der Waals surface area contributed by atoms with Crippen LogP contribution < -0.4 is 4.74 Å². The minimum Gasteiger partial charge on any atom is -0.476 e. The standard InChI is InChI=1S/C11H6F3NO3S/c12-11(13,14)18-7-3-1-6(2-4-7)9-15-8(5-19-9)10(16)17/h1-5H,(H,16,17). The molecule has 0 unspecified atom stereocenters. The number of carboxylic acid groups (broad SMARTS) is 1. The number of aromatic carboxylic acids is 1. The molecule has 2 aromatic rings. The van der Waals surface area contributed by atoms with Gasteiger partial charge in [-0.05, 0) is 24.3 Å². The quantitative estimate of drug-likeness (QED) is 0.940. The first-order valence-corrected chi connectivity index (χ1v) is 5.78. The van der Waals surface area contributed by atoms with Gasteiger partial charge in [0.25, 0.3) is 0 Å². The molecule has 0 fully saturated rings. The molecule has 0 aliphatic carbocycles. The average molecular weight is 289 g/mol. The van der Waals surface area contributed by atoms with Crippen LogP contribution in [0.15, 0.2) is 29.6 Å². The van der Waals surface area contributed by atoms with Crippen molar-refractivity contribution in [3.8, 4) is 16.3 Å². The van der Waals surface area contributed by atoms with Crippen LogP contribution in [0.25, 0.3) is 10.6 Å². The fourth-order valence-corrected chi connectivity index (χ4v) is 2.10. The molecular weight excluding hydrogens is 283 g/mol. The van der Waals surface area contributed by atoms with Crippen molar-refractivity contribution in [2.75, 3.05) is 0 Å². The molecule has 0 spiro atoms. The van der Waals surface area contributed by atoms with Crippen molar-refractivity contribution < 1.29 is 27.8 Å². The van der Waals surface area contributed by atoms with Crippen molar-refractivity contribution in [3.63, 3.8) is 0 Å². The van der Waals surface area contributed by atoms with Crippen LogP contribution in [0.2, 0.25) is 0 Å². The van der Waals surface area contributed by atoms with Crippen molar-refractivity contribution in [2.24, 2.45) is 0 Å². The summed E-state index contributed by atoms with van der Waals surface area (Å²) in [6, 6.07) is 5.05. The summed E-state index contributed by atoms with van der Waals surface area (Å²) < 4.78 is 39.6. The minimum atomic E-state index is -4.74. The molecule has 0 saturated heterocycles. The van der Waals surface area contributed by atoms with Crippen LogP contribution in [-0.4, -0.2) is 22.4 Å². The summed E-state index contributed by atoms with van der Waals surface area (Å²) >= 11 is 1.09. The highest BCUT2D eigenvalue weighted by molar-refractivity contribution is 7.13. The summed E-state index contributed by atoms with van der Waals surface area (Å²) in [4.78, 5) is 14.5. The van der Waals surface area contributed by atoms with E-state index in [4.69, 9.17) is 5.11 Å². The number of aromatic nitrogens is 1. The largest absolute Gasteiger partial charge is 0.573 e. The molecule has 8 heteroatoms. The summed E-state index contributed by atoms with van der Waals surface area (Å²) in [6.45, 7) is 0. The number of rotatable bonds is 3. The second-order valence-electron chi connectivity index (χ2n) is 3.42. The number of halogens is 3. The molecule has 1 aromatic carbocycles. The van der Waals surface area contributed by atoms with E-state index in [-0.39, 0.29) is 11.4 Å². The topological polar surface area (TPSA) is 59.4 Å². The van der Waals surface area contributed by atoms with Crippen LogP contribution in [0.1, 0.15) is 10.5 Å². The normalized spacial score (nSPS) is 11.3. The Hall–Kier alpha value is -2.09. The molecule has 0 aliphatic rings. The van der Waals surface area contributed by atoms with E-state index in [2.05, 4.69) is 9.72 Å². The third-order valence-electron chi connectivity index (χ3n) is 2.06. The molecule has 19 heavy (non-hydrogen) atoms. The number of ether oxygens (including phenoxy) is 1. The number of carboxylic acids is 1. The Balaban J connectivity index is 2.20. The molecule has 100 valence electrons. The summed E-state index contributed by atoms with van der Waals surface area (Å²) in [5, 5.41) is 10.5. The molecule has 0 atom stereocenters. The predicted octanol–water partition coefficient (Wildman–Crippen LogP) is 3.41. The molecular formula is C11H6F3NO3S. The van der Waals surface area contributed by atoms with E-state index in [0.29, 0.717) is 10.6 Å². The number of nitrogens with zero attached hydrogens (tertiary/aromatic N) is 1. The van der Waals surface area contributed by atoms with Gasteiger partial charge >= 0.3 is 12.3 Å². The number of carbonyl (C=O) groups is 1. The van der Waals surface area contributed by atoms with Gasteiger partial charge in [-0.1, -0.05) is 0 Å². The number of alkyl halides is 3. The van der Waals surface area contributed by atoms with Gasteiger partial charge < -0.3 is 9.84 Å². The maximum absolute atomic E-state index is 12.0. The van der Waals surface area contributed by atoms with Crippen LogP contribution in [0.5, 0.6) is 5.75 Å². The Morgan fingerprint density at radius 3 is 2.37 bits per heavy atom. The van der Waals surface area contributed by atoms with Crippen molar-refractivity contribution >= 4 is 17.3 Å². The van der Waals surface area contributed by atoms with Gasteiger partial charge in [-0.3, -0.25) is 0 Å². The first kappa shape index (κ1) is 13.3. The van der Waals surface area contributed by atoms with Gasteiger partial charge in [-0.25, -0.2) is 9.78 Å². The summed E-state index contributed by atoms with van der Waals surface area (Å²) in [5.74, 6) is -1.49. The second kappa shape index (κ2) is 4.88. The van der Waals surface area contributed by atoms with Crippen LogP contribution in [0, 0.1) is 0 Å². The lowest BCUT2D eigenvalue weighted by molar-refractivity contribution is -0.274.